The topological polar surface area (TPSA) is 47.3 Å². The minimum atomic E-state index is 0.119. The minimum Gasteiger partial charge on any atom is -0.338 e. The Balaban J connectivity index is 1.34. The lowest BCUT2D eigenvalue weighted by Crippen LogP contribution is -2.60. The van der Waals surface area contributed by atoms with Crippen molar-refractivity contribution in [3.8, 4) is 6.07 Å². The van der Waals surface area contributed by atoms with Crippen LogP contribution in [0.4, 0.5) is 0 Å². The van der Waals surface area contributed by atoms with Crippen LogP contribution in [-0.2, 0) is 0 Å². The largest absolute Gasteiger partial charge is 0.338 e. The van der Waals surface area contributed by atoms with E-state index in [9.17, 15) is 4.79 Å². The van der Waals surface area contributed by atoms with Crippen molar-refractivity contribution >= 4 is 5.91 Å². The van der Waals surface area contributed by atoms with Gasteiger partial charge in [0.2, 0.25) is 0 Å². The maximum Gasteiger partial charge on any atom is 0.253 e. The summed E-state index contributed by atoms with van der Waals surface area (Å²) in [5.74, 6) is 1.24. The number of rotatable bonds is 2. The van der Waals surface area contributed by atoms with Crippen LogP contribution in [0.1, 0.15) is 53.2 Å². The quantitative estimate of drug-likeness (QED) is 0.777. The Kier molecular flexibility index (Phi) is 4.85. The Hall–Kier alpha value is -2.64. The molecular formula is C25H27N3O. The van der Waals surface area contributed by atoms with Crippen molar-refractivity contribution in [1.82, 2.24) is 9.80 Å². The minimum absolute atomic E-state index is 0.119. The first-order valence-corrected chi connectivity index (χ1v) is 10.8. The van der Waals surface area contributed by atoms with E-state index in [1.54, 1.807) is 24.3 Å². The summed E-state index contributed by atoms with van der Waals surface area (Å²) in [5.41, 5.74) is 2.75. The summed E-state index contributed by atoms with van der Waals surface area (Å²) < 4.78 is 0. The predicted octanol–water partition coefficient (Wildman–Crippen LogP) is 4.25. The van der Waals surface area contributed by atoms with Crippen molar-refractivity contribution < 1.29 is 4.79 Å². The Bertz CT molecular complexity index is 917. The summed E-state index contributed by atoms with van der Waals surface area (Å²) >= 11 is 0. The fraction of sp³-hybridized carbons (Fsp3) is 0.440. The lowest BCUT2D eigenvalue weighted by atomic mass is 9.74. The third-order valence-corrected chi connectivity index (χ3v) is 7.12. The van der Waals surface area contributed by atoms with Crippen LogP contribution in [0.15, 0.2) is 54.6 Å². The van der Waals surface area contributed by atoms with Gasteiger partial charge in [-0.25, -0.2) is 0 Å². The Labute approximate surface area is 172 Å². The molecule has 3 fully saturated rings. The first-order valence-electron chi connectivity index (χ1n) is 10.8. The molecule has 0 unspecified atom stereocenters. The molecule has 0 radical (unpaired) electrons. The van der Waals surface area contributed by atoms with Gasteiger partial charge in [-0.05, 0) is 67.3 Å². The summed E-state index contributed by atoms with van der Waals surface area (Å²) in [6.07, 6.45) is 5.01. The summed E-state index contributed by atoms with van der Waals surface area (Å²) in [5, 5.41) is 8.99. The molecule has 148 valence electrons. The molecule has 4 atom stereocenters. The highest BCUT2D eigenvalue weighted by atomic mass is 16.2. The van der Waals surface area contributed by atoms with E-state index in [1.807, 2.05) is 0 Å². The van der Waals surface area contributed by atoms with Gasteiger partial charge in [0.05, 0.1) is 11.6 Å². The highest BCUT2D eigenvalue weighted by Crippen LogP contribution is 2.44. The number of fused-ring (bicyclic) bond motifs is 4. The summed E-state index contributed by atoms with van der Waals surface area (Å²) in [6.45, 7) is 2.80. The first-order chi connectivity index (χ1) is 14.2. The predicted molar refractivity (Wildman–Crippen MR) is 112 cm³/mol. The molecule has 2 aromatic carbocycles. The number of nitrogens with zero attached hydrogens (tertiary/aromatic N) is 3. The van der Waals surface area contributed by atoms with E-state index in [0.29, 0.717) is 35.0 Å². The van der Waals surface area contributed by atoms with Crippen LogP contribution in [-0.4, -0.2) is 41.4 Å². The summed E-state index contributed by atoms with van der Waals surface area (Å²) in [6, 6.07) is 21.3. The lowest BCUT2D eigenvalue weighted by Gasteiger charge is -2.55. The molecule has 29 heavy (non-hydrogen) atoms. The maximum atomic E-state index is 13.1. The highest BCUT2D eigenvalue weighted by molar-refractivity contribution is 5.94. The fourth-order valence-electron chi connectivity index (χ4n) is 5.88. The number of hydrogen-bond donors (Lipinski definition) is 0. The fourth-order valence-corrected chi connectivity index (χ4v) is 5.88. The number of carbonyl (C=O) groups is 1. The number of likely N-dealkylation sites (tertiary alicyclic amines) is 1. The Morgan fingerprint density at radius 3 is 2.52 bits per heavy atom. The molecule has 3 saturated heterocycles. The van der Waals surface area contributed by atoms with Gasteiger partial charge in [-0.3, -0.25) is 9.69 Å². The zero-order valence-electron chi connectivity index (χ0n) is 16.7. The molecular weight excluding hydrogens is 358 g/mol. The Morgan fingerprint density at radius 1 is 0.966 bits per heavy atom. The third-order valence-electron chi connectivity index (χ3n) is 7.12. The number of carbonyl (C=O) groups excluding carboxylic acids is 1. The van der Waals surface area contributed by atoms with Gasteiger partial charge in [0, 0.05) is 37.3 Å². The number of benzene rings is 2. The molecule has 0 spiro atoms. The number of amides is 1. The zero-order valence-corrected chi connectivity index (χ0v) is 16.7. The number of nitriles is 1. The molecule has 2 bridgehead atoms. The van der Waals surface area contributed by atoms with Gasteiger partial charge < -0.3 is 4.90 Å². The second kappa shape index (κ2) is 7.65. The molecule has 5 rings (SSSR count). The van der Waals surface area contributed by atoms with E-state index in [2.05, 4.69) is 46.2 Å². The van der Waals surface area contributed by atoms with E-state index in [-0.39, 0.29) is 5.91 Å². The molecule has 1 amide bonds. The molecule has 4 nitrogen and oxygen atoms in total. The Morgan fingerprint density at radius 2 is 1.76 bits per heavy atom. The monoisotopic (exact) mass is 385 g/mol. The van der Waals surface area contributed by atoms with E-state index < -0.39 is 0 Å². The highest BCUT2D eigenvalue weighted by Gasteiger charge is 2.45. The molecule has 0 saturated carbocycles. The van der Waals surface area contributed by atoms with Gasteiger partial charge in [-0.15, -0.1) is 0 Å². The third kappa shape index (κ3) is 3.45. The van der Waals surface area contributed by atoms with Crippen molar-refractivity contribution in [2.75, 3.05) is 19.6 Å². The van der Waals surface area contributed by atoms with E-state index in [4.69, 9.17) is 5.26 Å². The van der Waals surface area contributed by atoms with E-state index in [1.165, 1.54) is 31.2 Å². The molecule has 3 heterocycles. The standard InChI is InChI=1S/C25H27N3O/c26-14-18-9-11-21(12-10-18)25(29)27-15-19-13-22(17-27)24-8-4-7-23(28(24)16-19)20-5-2-1-3-6-20/h1-3,5-6,9-12,19,22-24H,4,7-8,13,15-17H2/t19-,22+,23+,24-/m0/s1. The SMILES string of the molecule is N#Cc1ccc(C(=O)N2C[C@@H]3C[C@H](C2)[C@@H]2CCC[C@H](c4ccccc4)N2C3)cc1. The van der Waals surface area contributed by atoms with Gasteiger partial charge in [0.15, 0.2) is 0 Å². The van der Waals surface area contributed by atoms with Crippen LogP contribution in [0, 0.1) is 23.2 Å². The van der Waals surface area contributed by atoms with Gasteiger partial charge in [0.25, 0.3) is 5.91 Å². The summed E-state index contributed by atoms with van der Waals surface area (Å²) in [4.78, 5) is 17.9. The van der Waals surface area contributed by atoms with Gasteiger partial charge in [-0.2, -0.15) is 5.26 Å². The second-order valence-corrected chi connectivity index (χ2v) is 8.88. The zero-order chi connectivity index (χ0) is 19.8. The van der Waals surface area contributed by atoms with Crippen LogP contribution < -0.4 is 0 Å². The van der Waals surface area contributed by atoms with Gasteiger partial charge in [-0.1, -0.05) is 30.3 Å². The van der Waals surface area contributed by atoms with Crippen LogP contribution in [0.2, 0.25) is 0 Å². The smallest absolute Gasteiger partial charge is 0.253 e. The summed E-state index contributed by atoms with van der Waals surface area (Å²) in [7, 11) is 0. The normalized spacial score (nSPS) is 29.0. The van der Waals surface area contributed by atoms with Crippen molar-refractivity contribution in [3.63, 3.8) is 0 Å². The van der Waals surface area contributed by atoms with Crippen LogP contribution in [0.3, 0.4) is 0 Å². The van der Waals surface area contributed by atoms with E-state index >= 15 is 0 Å². The number of piperidine rings is 3. The van der Waals surface area contributed by atoms with E-state index in [0.717, 1.165) is 19.6 Å². The molecule has 4 heteroatoms. The van der Waals surface area contributed by atoms with Crippen LogP contribution in [0.25, 0.3) is 0 Å². The average molecular weight is 386 g/mol. The van der Waals surface area contributed by atoms with Crippen molar-refractivity contribution in [2.45, 2.75) is 37.8 Å². The van der Waals surface area contributed by atoms with Gasteiger partial charge in [0.1, 0.15) is 0 Å². The second-order valence-electron chi connectivity index (χ2n) is 8.88. The van der Waals surface area contributed by atoms with Crippen LogP contribution in [0.5, 0.6) is 0 Å². The lowest BCUT2D eigenvalue weighted by molar-refractivity contribution is -0.0511. The molecule has 3 aliphatic rings. The van der Waals surface area contributed by atoms with Crippen molar-refractivity contribution in [2.24, 2.45) is 11.8 Å². The van der Waals surface area contributed by atoms with Crippen molar-refractivity contribution in [1.29, 1.82) is 5.26 Å². The van der Waals surface area contributed by atoms with Crippen LogP contribution >= 0.6 is 0 Å². The number of hydrogen-bond acceptors (Lipinski definition) is 3. The molecule has 3 aliphatic heterocycles. The van der Waals surface area contributed by atoms with Crippen molar-refractivity contribution in [3.05, 3.63) is 71.3 Å². The molecule has 0 N–H and O–H groups in total. The molecule has 0 aliphatic carbocycles. The molecule has 0 aromatic heterocycles. The average Bonchev–Trinajstić information content (AvgIpc) is 2.79. The van der Waals surface area contributed by atoms with Gasteiger partial charge >= 0.3 is 0 Å². The molecule has 2 aromatic rings. The first kappa shape index (κ1) is 18.4. The maximum absolute atomic E-state index is 13.1.